The van der Waals surface area contributed by atoms with Gasteiger partial charge >= 0.3 is 5.97 Å². The van der Waals surface area contributed by atoms with Gasteiger partial charge in [-0.15, -0.1) is 13.2 Å². The number of carbonyl (C=O) groups excluding carboxylic acids is 3. The Kier molecular flexibility index (Phi) is 14.2. The van der Waals surface area contributed by atoms with E-state index >= 15 is 0 Å². The second-order valence-electron chi connectivity index (χ2n) is 9.25. The lowest BCUT2D eigenvalue weighted by Crippen LogP contribution is -2.42. The van der Waals surface area contributed by atoms with Gasteiger partial charge in [-0.2, -0.15) is 0 Å². The van der Waals surface area contributed by atoms with E-state index < -0.39 is 18.0 Å². The highest BCUT2D eigenvalue weighted by Gasteiger charge is 2.25. The topological polar surface area (TPSA) is 105 Å². The minimum atomic E-state index is -0.663. The van der Waals surface area contributed by atoms with E-state index in [-0.39, 0.29) is 37.4 Å². The van der Waals surface area contributed by atoms with Crippen LogP contribution in [0.25, 0.3) is 0 Å². The van der Waals surface area contributed by atoms with Gasteiger partial charge in [-0.25, -0.2) is 0 Å². The van der Waals surface area contributed by atoms with Gasteiger partial charge in [0.1, 0.15) is 6.61 Å². The van der Waals surface area contributed by atoms with Crippen LogP contribution in [0.5, 0.6) is 0 Å². The van der Waals surface area contributed by atoms with Crippen molar-refractivity contribution in [3.05, 3.63) is 97.1 Å². The molecule has 0 aliphatic heterocycles. The van der Waals surface area contributed by atoms with Crippen molar-refractivity contribution in [1.29, 1.82) is 0 Å². The Balaban J connectivity index is 1.99. The molecule has 3 N–H and O–H groups in total. The van der Waals surface area contributed by atoms with E-state index in [9.17, 15) is 19.5 Å². The largest absolute Gasteiger partial charge is 0.463 e. The van der Waals surface area contributed by atoms with Crippen LogP contribution in [-0.2, 0) is 25.5 Å². The van der Waals surface area contributed by atoms with Crippen LogP contribution in [-0.4, -0.2) is 42.1 Å². The molecule has 7 heteroatoms. The van der Waals surface area contributed by atoms with Crippen LogP contribution in [0.15, 0.2) is 86.0 Å². The smallest absolute Gasteiger partial charge is 0.305 e. The predicted molar refractivity (Wildman–Crippen MR) is 149 cm³/mol. The molecule has 2 rings (SSSR count). The molecule has 2 aromatic rings. The molecule has 0 bridgehead atoms. The second-order valence-corrected chi connectivity index (χ2v) is 9.25. The van der Waals surface area contributed by atoms with Crippen molar-refractivity contribution in [2.24, 2.45) is 5.92 Å². The number of hydrogen-bond acceptors (Lipinski definition) is 5. The van der Waals surface area contributed by atoms with Gasteiger partial charge in [0.15, 0.2) is 0 Å². The second kappa shape index (κ2) is 17.7. The zero-order valence-electron chi connectivity index (χ0n) is 22.0. The summed E-state index contributed by atoms with van der Waals surface area (Å²) in [4.78, 5) is 38.3. The van der Waals surface area contributed by atoms with Gasteiger partial charge in [-0.05, 0) is 43.2 Å². The van der Waals surface area contributed by atoms with E-state index in [2.05, 4.69) is 23.8 Å². The molecule has 0 aliphatic carbocycles. The van der Waals surface area contributed by atoms with E-state index in [4.69, 9.17) is 4.74 Å². The number of aliphatic hydroxyl groups is 1. The molecule has 0 spiro atoms. The van der Waals surface area contributed by atoms with Crippen molar-refractivity contribution in [2.45, 2.75) is 57.0 Å². The number of nitrogens with one attached hydrogen (secondary N) is 2. The van der Waals surface area contributed by atoms with Crippen LogP contribution in [0.1, 0.15) is 55.7 Å². The van der Waals surface area contributed by atoms with Gasteiger partial charge in [-0.1, -0.05) is 72.8 Å². The van der Waals surface area contributed by atoms with Crippen LogP contribution in [0.2, 0.25) is 0 Å². The molecule has 0 heterocycles. The number of aliphatic hydroxyl groups excluding tert-OH is 1. The molecule has 0 unspecified atom stereocenters. The van der Waals surface area contributed by atoms with E-state index in [0.717, 1.165) is 24.0 Å². The van der Waals surface area contributed by atoms with Gasteiger partial charge < -0.3 is 20.5 Å². The molecule has 2 amide bonds. The first-order chi connectivity index (χ1) is 18.5. The number of allylic oxidation sites excluding steroid dienone is 2. The molecule has 0 aromatic heterocycles. The highest BCUT2D eigenvalue weighted by molar-refractivity contribution is 5.86. The minimum absolute atomic E-state index is 0.00723. The molecular formula is C31H40N2O5. The number of rotatable bonds is 18. The molecule has 0 saturated heterocycles. The predicted octanol–water partition coefficient (Wildman–Crippen LogP) is 4.44. The fraction of sp³-hybridized carbons (Fsp3) is 0.387. The van der Waals surface area contributed by atoms with Crippen molar-refractivity contribution >= 4 is 17.8 Å². The maximum Gasteiger partial charge on any atom is 0.305 e. The average molecular weight is 521 g/mol. The molecular weight excluding hydrogens is 480 g/mol. The van der Waals surface area contributed by atoms with Crippen LogP contribution < -0.4 is 10.6 Å². The third-order valence-corrected chi connectivity index (χ3v) is 6.13. The first-order valence-electron chi connectivity index (χ1n) is 13.1. The van der Waals surface area contributed by atoms with Crippen LogP contribution >= 0.6 is 0 Å². The van der Waals surface area contributed by atoms with E-state index in [0.29, 0.717) is 25.7 Å². The Labute approximate surface area is 226 Å². The summed E-state index contributed by atoms with van der Waals surface area (Å²) >= 11 is 0. The Bertz CT molecular complexity index is 1010. The van der Waals surface area contributed by atoms with Crippen molar-refractivity contribution in [2.75, 3.05) is 13.2 Å². The molecule has 0 fully saturated rings. The normalized spacial score (nSPS) is 13.0. The Morgan fingerprint density at radius 3 is 2.24 bits per heavy atom. The number of carbonyl (C=O) groups is 3. The number of amides is 2. The first-order valence-corrected chi connectivity index (χ1v) is 13.1. The number of benzene rings is 2. The zero-order valence-corrected chi connectivity index (χ0v) is 22.0. The molecule has 38 heavy (non-hydrogen) atoms. The SMILES string of the molecule is C=CCCCCC(=O)OC[C@@H](NC(=O)[C@H](CC=C)CC(=O)N[C@H](CO)Cc1ccccc1)c1ccccc1. The van der Waals surface area contributed by atoms with E-state index in [1.165, 1.54) is 0 Å². The Morgan fingerprint density at radius 1 is 0.921 bits per heavy atom. The highest BCUT2D eigenvalue weighted by Crippen LogP contribution is 2.18. The van der Waals surface area contributed by atoms with Gasteiger partial charge in [0.25, 0.3) is 0 Å². The van der Waals surface area contributed by atoms with Gasteiger partial charge in [0.05, 0.1) is 24.6 Å². The number of unbranched alkanes of at least 4 members (excludes halogenated alkanes) is 2. The van der Waals surface area contributed by atoms with E-state index in [1.54, 1.807) is 6.08 Å². The summed E-state index contributed by atoms with van der Waals surface area (Å²) in [6, 6.07) is 17.8. The summed E-state index contributed by atoms with van der Waals surface area (Å²) < 4.78 is 5.48. The summed E-state index contributed by atoms with van der Waals surface area (Å²) in [7, 11) is 0. The number of ether oxygens (including phenoxy) is 1. The van der Waals surface area contributed by atoms with Gasteiger partial charge in [0, 0.05) is 12.8 Å². The van der Waals surface area contributed by atoms with Gasteiger partial charge in [0.2, 0.25) is 11.8 Å². The molecule has 204 valence electrons. The molecule has 0 saturated carbocycles. The van der Waals surface area contributed by atoms with E-state index in [1.807, 2.05) is 66.7 Å². The standard InChI is InChI=1S/C31H40N2O5/c1-3-5-6-13-19-30(36)38-23-28(25-17-11-8-12-18-25)33-31(37)26(14-4-2)21-29(35)32-27(22-34)20-24-15-9-7-10-16-24/h3-4,7-12,15-18,26-28,34H,1-2,5-6,13-14,19-23H2,(H,32,35)(H,33,37)/t26-,27+,28-/m1/s1. The summed E-state index contributed by atoms with van der Waals surface area (Å²) in [5.41, 5.74) is 1.79. The quantitative estimate of drug-likeness (QED) is 0.153. The minimum Gasteiger partial charge on any atom is -0.463 e. The zero-order chi connectivity index (χ0) is 27.6. The maximum atomic E-state index is 13.2. The highest BCUT2D eigenvalue weighted by atomic mass is 16.5. The number of esters is 1. The van der Waals surface area contributed by atoms with Crippen molar-refractivity contribution < 1.29 is 24.2 Å². The van der Waals surface area contributed by atoms with Crippen LogP contribution in [0.4, 0.5) is 0 Å². The fourth-order valence-electron chi connectivity index (χ4n) is 4.06. The lowest BCUT2D eigenvalue weighted by atomic mass is 9.98. The summed E-state index contributed by atoms with van der Waals surface area (Å²) in [5.74, 6) is -1.65. The summed E-state index contributed by atoms with van der Waals surface area (Å²) in [5, 5.41) is 15.5. The monoisotopic (exact) mass is 520 g/mol. The lowest BCUT2D eigenvalue weighted by Gasteiger charge is -2.23. The number of hydrogen-bond donors (Lipinski definition) is 3. The van der Waals surface area contributed by atoms with Gasteiger partial charge in [-0.3, -0.25) is 14.4 Å². The Hall–Kier alpha value is -3.71. The fourth-order valence-corrected chi connectivity index (χ4v) is 4.06. The van der Waals surface area contributed by atoms with Crippen LogP contribution in [0.3, 0.4) is 0 Å². The molecule has 7 nitrogen and oxygen atoms in total. The summed E-state index contributed by atoms with van der Waals surface area (Å²) in [6.07, 6.45) is 6.87. The Morgan fingerprint density at radius 2 is 1.61 bits per heavy atom. The third-order valence-electron chi connectivity index (χ3n) is 6.13. The molecule has 0 radical (unpaired) electrons. The van der Waals surface area contributed by atoms with Crippen LogP contribution in [0, 0.1) is 5.92 Å². The maximum absolute atomic E-state index is 13.2. The third kappa shape index (κ3) is 11.6. The van der Waals surface area contributed by atoms with Crippen molar-refractivity contribution in [1.82, 2.24) is 10.6 Å². The lowest BCUT2D eigenvalue weighted by molar-refractivity contribution is -0.145. The molecule has 0 aliphatic rings. The molecule has 3 atom stereocenters. The molecule has 2 aromatic carbocycles. The average Bonchev–Trinajstić information content (AvgIpc) is 2.93. The first kappa shape index (κ1) is 30.5. The van der Waals surface area contributed by atoms with Crippen molar-refractivity contribution in [3.8, 4) is 0 Å². The van der Waals surface area contributed by atoms with Crippen molar-refractivity contribution in [3.63, 3.8) is 0 Å². The summed E-state index contributed by atoms with van der Waals surface area (Å²) in [6.45, 7) is 7.19.